The summed E-state index contributed by atoms with van der Waals surface area (Å²) in [6.45, 7) is 3.71. The van der Waals surface area contributed by atoms with E-state index >= 15 is 0 Å². The Morgan fingerprint density at radius 2 is 2.13 bits per heavy atom. The Morgan fingerprint density at radius 3 is 2.87 bits per heavy atom. The van der Waals surface area contributed by atoms with E-state index in [2.05, 4.69) is 15.0 Å². The number of hydrogen-bond acceptors (Lipinski definition) is 4. The van der Waals surface area contributed by atoms with Gasteiger partial charge in [-0.3, -0.25) is 9.55 Å². The van der Waals surface area contributed by atoms with Crippen LogP contribution in [-0.2, 0) is 0 Å². The molecule has 0 aromatic carbocycles. The number of aryl methyl sites for hydroxylation is 2. The minimum absolute atomic E-state index is 0.318. The molecule has 5 heteroatoms. The maximum Gasteiger partial charge on any atom is 0.218 e. The van der Waals surface area contributed by atoms with E-state index in [1.807, 2.05) is 19.9 Å². The van der Waals surface area contributed by atoms with Gasteiger partial charge in [0.05, 0.1) is 11.4 Å². The molecule has 0 fully saturated rings. The topological polar surface area (TPSA) is 67.4 Å². The molecule has 2 aromatic rings. The van der Waals surface area contributed by atoms with Crippen molar-refractivity contribution < 1.29 is 0 Å². The molecule has 15 heavy (non-hydrogen) atoms. The molecule has 0 radical (unpaired) electrons. The summed E-state index contributed by atoms with van der Waals surface area (Å²) in [7, 11) is 0. The Kier molecular flexibility index (Phi) is 2.18. The van der Waals surface area contributed by atoms with Crippen molar-refractivity contribution in [2.45, 2.75) is 13.8 Å². The van der Waals surface area contributed by atoms with Crippen LogP contribution < -0.4 is 0 Å². The van der Waals surface area contributed by atoms with Crippen LogP contribution in [0.2, 0.25) is 0 Å². The first-order valence-electron chi connectivity index (χ1n) is 4.46. The van der Waals surface area contributed by atoms with Crippen LogP contribution >= 0.6 is 0 Å². The fraction of sp³-hybridized carbons (Fsp3) is 0.200. The van der Waals surface area contributed by atoms with Gasteiger partial charge in [-0.2, -0.15) is 5.26 Å². The van der Waals surface area contributed by atoms with Crippen LogP contribution in [0.4, 0.5) is 0 Å². The number of rotatable bonds is 1. The summed E-state index contributed by atoms with van der Waals surface area (Å²) in [5.41, 5.74) is 1.59. The minimum Gasteiger partial charge on any atom is -0.274 e. The Morgan fingerprint density at radius 1 is 1.33 bits per heavy atom. The van der Waals surface area contributed by atoms with Gasteiger partial charge in [-0.1, -0.05) is 0 Å². The largest absolute Gasteiger partial charge is 0.274 e. The lowest BCUT2D eigenvalue weighted by molar-refractivity contribution is 0.906. The van der Waals surface area contributed by atoms with Gasteiger partial charge in [-0.05, 0) is 13.8 Å². The maximum absolute atomic E-state index is 8.85. The Bertz CT molecular complexity index is 535. The number of aromatic nitrogens is 4. The van der Waals surface area contributed by atoms with Gasteiger partial charge in [0.1, 0.15) is 6.07 Å². The Hall–Kier alpha value is -2.22. The second kappa shape index (κ2) is 3.50. The van der Waals surface area contributed by atoms with Gasteiger partial charge in [-0.25, -0.2) is 9.97 Å². The molecule has 0 atom stereocenters. The Labute approximate surface area is 87.1 Å². The van der Waals surface area contributed by atoms with Gasteiger partial charge in [0.15, 0.2) is 5.82 Å². The summed E-state index contributed by atoms with van der Waals surface area (Å²) in [6, 6.07) is 2.00. The molecule has 0 amide bonds. The van der Waals surface area contributed by atoms with Crippen molar-refractivity contribution in [3.05, 3.63) is 35.8 Å². The highest BCUT2D eigenvalue weighted by molar-refractivity contribution is 5.33. The SMILES string of the molecule is Cc1cnc(C)c(-n2ccnc2C#N)n1. The lowest BCUT2D eigenvalue weighted by Gasteiger charge is -2.05. The average Bonchev–Trinajstić information content (AvgIpc) is 2.69. The molecule has 0 aliphatic rings. The third kappa shape index (κ3) is 1.57. The molecule has 0 N–H and O–H groups in total. The number of hydrogen-bond donors (Lipinski definition) is 0. The van der Waals surface area contributed by atoms with Crippen LogP contribution in [-0.4, -0.2) is 19.5 Å². The third-order valence-electron chi connectivity index (χ3n) is 2.02. The highest BCUT2D eigenvalue weighted by atomic mass is 15.1. The zero-order valence-electron chi connectivity index (χ0n) is 8.47. The molecule has 0 aliphatic heterocycles. The third-order valence-corrected chi connectivity index (χ3v) is 2.02. The van der Waals surface area contributed by atoms with Crippen molar-refractivity contribution >= 4 is 0 Å². The van der Waals surface area contributed by atoms with Gasteiger partial charge >= 0.3 is 0 Å². The Balaban J connectivity index is 2.64. The summed E-state index contributed by atoms with van der Waals surface area (Å²) in [5.74, 6) is 0.974. The van der Waals surface area contributed by atoms with E-state index in [-0.39, 0.29) is 0 Å². The predicted molar refractivity (Wildman–Crippen MR) is 53.3 cm³/mol. The first-order valence-corrected chi connectivity index (χ1v) is 4.46. The van der Waals surface area contributed by atoms with E-state index in [1.165, 1.54) is 0 Å². The maximum atomic E-state index is 8.85. The summed E-state index contributed by atoms with van der Waals surface area (Å²) < 4.78 is 1.63. The van der Waals surface area contributed by atoms with E-state index in [9.17, 15) is 0 Å². The highest BCUT2D eigenvalue weighted by Crippen LogP contribution is 2.10. The number of nitrogens with zero attached hydrogens (tertiary/aromatic N) is 5. The summed E-state index contributed by atoms with van der Waals surface area (Å²) in [6.07, 6.45) is 4.97. The standard InChI is InChI=1S/C10H9N5/c1-7-6-13-8(2)10(14-7)15-4-3-12-9(15)5-11/h3-4,6H,1-2H3. The van der Waals surface area contributed by atoms with Crippen molar-refractivity contribution in [3.8, 4) is 11.9 Å². The van der Waals surface area contributed by atoms with Gasteiger partial charge in [0, 0.05) is 18.6 Å². The van der Waals surface area contributed by atoms with Crippen molar-refractivity contribution in [3.63, 3.8) is 0 Å². The fourth-order valence-electron chi connectivity index (χ4n) is 1.31. The van der Waals surface area contributed by atoms with Crippen LogP contribution in [0.5, 0.6) is 0 Å². The van der Waals surface area contributed by atoms with Crippen molar-refractivity contribution in [2.24, 2.45) is 0 Å². The van der Waals surface area contributed by atoms with Crippen LogP contribution in [0.1, 0.15) is 17.2 Å². The lowest BCUT2D eigenvalue weighted by atomic mass is 10.4. The highest BCUT2D eigenvalue weighted by Gasteiger charge is 2.08. The van der Waals surface area contributed by atoms with Gasteiger partial charge < -0.3 is 0 Å². The van der Waals surface area contributed by atoms with Crippen molar-refractivity contribution in [2.75, 3.05) is 0 Å². The molecule has 0 unspecified atom stereocenters. The summed E-state index contributed by atoms with van der Waals surface area (Å²) in [4.78, 5) is 12.4. The lowest BCUT2D eigenvalue weighted by Crippen LogP contribution is -2.04. The molecule has 0 spiro atoms. The first-order chi connectivity index (χ1) is 7.22. The molecule has 2 heterocycles. The monoisotopic (exact) mass is 199 g/mol. The molecule has 5 nitrogen and oxygen atoms in total. The van der Waals surface area contributed by atoms with E-state index in [0.29, 0.717) is 11.6 Å². The van der Waals surface area contributed by atoms with E-state index in [1.54, 1.807) is 23.2 Å². The molecule has 2 rings (SSSR count). The molecular weight excluding hydrogens is 190 g/mol. The molecule has 74 valence electrons. The predicted octanol–water partition coefficient (Wildman–Crippen LogP) is 1.15. The van der Waals surface area contributed by atoms with Crippen molar-refractivity contribution in [1.29, 1.82) is 5.26 Å². The zero-order chi connectivity index (χ0) is 10.8. The van der Waals surface area contributed by atoms with Crippen LogP contribution in [0.25, 0.3) is 5.82 Å². The first kappa shape index (κ1) is 9.34. The van der Waals surface area contributed by atoms with Crippen LogP contribution in [0.15, 0.2) is 18.6 Å². The number of nitriles is 1. The second-order valence-electron chi connectivity index (χ2n) is 3.15. The van der Waals surface area contributed by atoms with E-state index in [4.69, 9.17) is 5.26 Å². The van der Waals surface area contributed by atoms with Gasteiger partial charge in [-0.15, -0.1) is 0 Å². The molecule has 0 bridgehead atoms. The number of imidazole rings is 1. The summed E-state index contributed by atoms with van der Waals surface area (Å²) in [5, 5.41) is 8.85. The molecule has 0 aliphatic carbocycles. The minimum atomic E-state index is 0.318. The van der Waals surface area contributed by atoms with Gasteiger partial charge in [0.2, 0.25) is 5.82 Å². The molecule has 0 saturated carbocycles. The normalized spacial score (nSPS) is 9.93. The second-order valence-corrected chi connectivity index (χ2v) is 3.15. The van der Waals surface area contributed by atoms with Gasteiger partial charge in [0.25, 0.3) is 0 Å². The van der Waals surface area contributed by atoms with Crippen LogP contribution in [0, 0.1) is 25.2 Å². The summed E-state index contributed by atoms with van der Waals surface area (Å²) >= 11 is 0. The average molecular weight is 199 g/mol. The molecular formula is C10H9N5. The zero-order valence-corrected chi connectivity index (χ0v) is 8.47. The van der Waals surface area contributed by atoms with Crippen LogP contribution in [0.3, 0.4) is 0 Å². The molecule has 0 saturated heterocycles. The van der Waals surface area contributed by atoms with Crippen molar-refractivity contribution in [1.82, 2.24) is 19.5 Å². The van der Waals surface area contributed by atoms with E-state index < -0.39 is 0 Å². The van der Waals surface area contributed by atoms with E-state index in [0.717, 1.165) is 11.4 Å². The molecule has 2 aromatic heterocycles. The quantitative estimate of drug-likeness (QED) is 0.691. The fourth-order valence-corrected chi connectivity index (χ4v) is 1.31. The smallest absolute Gasteiger partial charge is 0.218 e.